The summed E-state index contributed by atoms with van der Waals surface area (Å²) in [7, 11) is 2.86. The summed E-state index contributed by atoms with van der Waals surface area (Å²) in [5, 5.41) is 19.4. The number of nitrogens with zero attached hydrogens (tertiary/aromatic N) is 1. The van der Waals surface area contributed by atoms with Crippen molar-refractivity contribution in [2.75, 3.05) is 27.3 Å². The maximum Gasteiger partial charge on any atom is 0.253 e. The first-order valence-electron chi connectivity index (χ1n) is 10.0. The van der Waals surface area contributed by atoms with Crippen molar-refractivity contribution in [2.45, 2.75) is 12.8 Å². The number of benzene rings is 2. The van der Waals surface area contributed by atoms with E-state index in [9.17, 15) is 19.8 Å². The average molecular weight is 440 g/mol. The fraction of sp³-hybridized carbons (Fsp3) is 0.250. The van der Waals surface area contributed by atoms with Crippen molar-refractivity contribution in [3.8, 4) is 23.0 Å². The minimum Gasteiger partial charge on any atom is -0.504 e. The first kappa shape index (κ1) is 24.5. The van der Waals surface area contributed by atoms with Crippen molar-refractivity contribution < 1.29 is 29.3 Å². The molecule has 0 unspecified atom stereocenters. The molecular weight excluding hydrogens is 412 g/mol. The molecule has 2 aromatic rings. The summed E-state index contributed by atoms with van der Waals surface area (Å²) in [6, 6.07) is 9.33. The lowest BCUT2D eigenvalue weighted by Crippen LogP contribution is -2.35. The average Bonchev–Trinajstić information content (AvgIpc) is 2.80. The molecule has 2 amide bonds. The smallest absolute Gasteiger partial charge is 0.253 e. The number of methoxy groups -OCH3 is 2. The molecule has 0 fully saturated rings. The van der Waals surface area contributed by atoms with Crippen molar-refractivity contribution in [1.29, 1.82) is 0 Å². The van der Waals surface area contributed by atoms with Gasteiger partial charge in [-0.3, -0.25) is 14.5 Å². The van der Waals surface area contributed by atoms with Gasteiger partial charge in [0.2, 0.25) is 0 Å². The van der Waals surface area contributed by atoms with Gasteiger partial charge in [-0.25, -0.2) is 0 Å². The standard InChI is InChI=1S/C24H28N2O6/c1-31-21-15-17(5-9-19(21)27)7-11-23(29)26(14-4-3-13-25)24(30)12-8-18-6-10-20(28)22(16-18)32-2/h5-12,15-16,27-28H,3-4,13-14,25H2,1-2H3. The zero-order valence-electron chi connectivity index (χ0n) is 18.2. The van der Waals surface area contributed by atoms with Gasteiger partial charge in [0.15, 0.2) is 23.0 Å². The van der Waals surface area contributed by atoms with E-state index in [1.807, 2.05) is 0 Å². The zero-order valence-corrected chi connectivity index (χ0v) is 18.2. The lowest BCUT2D eigenvalue weighted by atomic mass is 10.1. The number of hydrogen-bond donors (Lipinski definition) is 3. The highest BCUT2D eigenvalue weighted by atomic mass is 16.5. The molecule has 2 aromatic carbocycles. The van der Waals surface area contributed by atoms with Crippen LogP contribution in [-0.2, 0) is 9.59 Å². The molecule has 0 saturated carbocycles. The summed E-state index contributed by atoms with van der Waals surface area (Å²) in [6.07, 6.45) is 6.93. The molecule has 0 atom stereocenters. The molecule has 0 aliphatic heterocycles. The molecule has 0 aliphatic carbocycles. The van der Waals surface area contributed by atoms with Crippen LogP contribution in [0.25, 0.3) is 12.2 Å². The molecule has 0 heterocycles. The Kier molecular flexibility index (Phi) is 9.31. The van der Waals surface area contributed by atoms with Crippen molar-refractivity contribution in [3.05, 3.63) is 59.7 Å². The number of ether oxygens (including phenoxy) is 2. The van der Waals surface area contributed by atoms with E-state index < -0.39 is 11.8 Å². The van der Waals surface area contributed by atoms with Gasteiger partial charge in [0, 0.05) is 18.7 Å². The topological polar surface area (TPSA) is 122 Å². The number of unbranched alkanes of at least 4 members (excludes halogenated alkanes) is 1. The van der Waals surface area contributed by atoms with E-state index in [-0.39, 0.29) is 29.5 Å². The predicted octanol–water partition coefficient (Wildman–Crippen LogP) is 2.94. The van der Waals surface area contributed by atoms with Crippen LogP contribution in [0.1, 0.15) is 24.0 Å². The van der Waals surface area contributed by atoms with E-state index in [4.69, 9.17) is 15.2 Å². The number of nitrogens with two attached hydrogens (primary N) is 1. The van der Waals surface area contributed by atoms with Crippen LogP contribution in [0.5, 0.6) is 23.0 Å². The Hall–Kier alpha value is -3.78. The van der Waals surface area contributed by atoms with Crippen LogP contribution < -0.4 is 15.2 Å². The molecule has 0 spiro atoms. The van der Waals surface area contributed by atoms with Gasteiger partial charge >= 0.3 is 0 Å². The van der Waals surface area contributed by atoms with Crippen molar-refractivity contribution in [1.82, 2.24) is 4.90 Å². The predicted molar refractivity (Wildman–Crippen MR) is 122 cm³/mol. The van der Waals surface area contributed by atoms with E-state index in [0.29, 0.717) is 30.5 Å². The van der Waals surface area contributed by atoms with Crippen LogP contribution in [-0.4, -0.2) is 54.2 Å². The number of phenolic OH excluding ortho intramolecular Hbond substituents is 2. The number of carbonyl (C=O) groups excluding carboxylic acids is 2. The van der Waals surface area contributed by atoms with E-state index in [1.165, 1.54) is 38.5 Å². The lowest BCUT2D eigenvalue weighted by molar-refractivity contribution is -0.138. The lowest BCUT2D eigenvalue weighted by Gasteiger charge is -2.17. The Balaban J connectivity index is 2.18. The third kappa shape index (κ3) is 6.88. The monoisotopic (exact) mass is 440 g/mol. The molecular formula is C24H28N2O6. The Morgan fingerprint density at radius 2 is 1.34 bits per heavy atom. The number of phenols is 2. The molecule has 4 N–H and O–H groups in total. The number of carbonyl (C=O) groups is 2. The van der Waals surface area contributed by atoms with Gasteiger partial charge in [-0.1, -0.05) is 12.1 Å². The van der Waals surface area contributed by atoms with Crippen molar-refractivity contribution in [3.63, 3.8) is 0 Å². The van der Waals surface area contributed by atoms with Crippen LogP contribution in [0.2, 0.25) is 0 Å². The number of amides is 2. The third-order valence-electron chi connectivity index (χ3n) is 4.61. The summed E-state index contributed by atoms with van der Waals surface area (Å²) in [5.74, 6) is -0.416. The highest BCUT2D eigenvalue weighted by Crippen LogP contribution is 2.27. The number of rotatable bonds is 10. The first-order valence-corrected chi connectivity index (χ1v) is 10.0. The van der Waals surface area contributed by atoms with Crippen LogP contribution >= 0.6 is 0 Å². The van der Waals surface area contributed by atoms with E-state index in [0.717, 1.165) is 4.90 Å². The minimum atomic E-state index is -0.480. The summed E-state index contributed by atoms with van der Waals surface area (Å²) < 4.78 is 10.1. The highest BCUT2D eigenvalue weighted by Gasteiger charge is 2.17. The van der Waals surface area contributed by atoms with Crippen LogP contribution in [0.15, 0.2) is 48.6 Å². The third-order valence-corrected chi connectivity index (χ3v) is 4.61. The minimum absolute atomic E-state index is 0.00874. The van der Waals surface area contributed by atoms with Gasteiger partial charge in [0.1, 0.15) is 0 Å². The van der Waals surface area contributed by atoms with E-state index in [1.54, 1.807) is 36.4 Å². The number of imide groups is 1. The Morgan fingerprint density at radius 3 is 1.75 bits per heavy atom. The summed E-state index contributed by atoms with van der Waals surface area (Å²) in [4.78, 5) is 26.6. The molecule has 0 aromatic heterocycles. The van der Waals surface area contributed by atoms with E-state index >= 15 is 0 Å². The van der Waals surface area contributed by atoms with Crippen LogP contribution in [0.3, 0.4) is 0 Å². The Bertz CT molecular complexity index is 924. The van der Waals surface area contributed by atoms with Gasteiger partial charge in [0.05, 0.1) is 14.2 Å². The molecule has 0 bridgehead atoms. The second-order valence-electron chi connectivity index (χ2n) is 6.85. The molecule has 8 nitrogen and oxygen atoms in total. The van der Waals surface area contributed by atoms with Crippen molar-refractivity contribution in [2.24, 2.45) is 5.73 Å². The zero-order chi connectivity index (χ0) is 23.5. The number of aromatic hydroxyl groups is 2. The second kappa shape index (κ2) is 12.2. The summed E-state index contributed by atoms with van der Waals surface area (Å²) >= 11 is 0. The summed E-state index contributed by atoms with van der Waals surface area (Å²) in [6.45, 7) is 0.684. The molecule has 170 valence electrons. The Morgan fingerprint density at radius 1 is 0.875 bits per heavy atom. The molecule has 0 saturated heterocycles. The largest absolute Gasteiger partial charge is 0.504 e. The van der Waals surface area contributed by atoms with Gasteiger partial charge in [-0.2, -0.15) is 0 Å². The quantitative estimate of drug-likeness (QED) is 0.383. The molecule has 32 heavy (non-hydrogen) atoms. The number of hydrogen-bond acceptors (Lipinski definition) is 7. The van der Waals surface area contributed by atoms with Crippen LogP contribution in [0, 0.1) is 0 Å². The fourth-order valence-corrected chi connectivity index (χ4v) is 2.85. The van der Waals surface area contributed by atoms with Gasteiger partial charge in [-0.05, 0) is 66.9 Å². The van der Waals surface area contributed by atoms with Gasteiger partial charge < -0.3 is 25.4 Å². The molecule has 0 aliphatic rings. The van der Waals surface area contributed by atoms with Crippen LogP contribution in [0.4, 0.5) is 0 Å². The normalized spacial score (nSPS) is 11.1. The maximum atomic E-state index is 12.7. The van der Waals surface area contributed by atoms with Gasteiger partial charge in [-0.15, -0.1) is 0 Å². The molecule has 8 heteroatoms. The summed E-state index contributed by atoms with van der Waals surface area (Å²) in [5.41, 5.74) is 6.80. The molecule has 2 rings (SSSR count). The van der Waals surface area contributed by atoms with E-state index in [2.05, 4.69) is 0 Å². The highest BCUT2D eigenvalue weighted by molar-refractivity contribution is 6.07. The van der Waals surface area contributed by atoms with Crippen molar-refractivity contribution >= 4 is 24.0 Å². The maximum absolute atomic E-state index is 12.7. The Labute approximate surface area is 187 Å². The first-order chi connectivity index (χ1) is 15.4. The SMILES string of the molecule is COc1cc(C=CC(=O)N(CCCCN)C(=O)C=Cc2ccc(O)c(OC)c2)ccc1O. The second-order valence-corrected chi connectivity index (χ2v) is 6.85. The van der Waals surface area contributed by atoms with Gasteiger partial charge in [0.25, 0.3) is 11.8 Å². The fourth-order valence-electron chi connectivity index (χ4n) is 2.85. The molecule has 0 radical (unpaired) electrons.